The average molecular weight is 426 g/mol. The van der Waals surface area contributed by atoms with E-state index in [1.54, 1.807) is 6.20 Å². The van der Waals surface area contributed by atoms with Gasteiger partial charge in [-0.2, -0.15) is 0 Å². The highest BCUT2D eigenvalue weighted by Gasteiger charge is 2.24. The summed E-state index contributed by atoms with van der Waals surface area (Å²) in [7, 11) is 0. The van der Waals surface area contributed by atoms with Crippen molar-refractivity contribution >= 4 is 57.1 Å². The Morgan fingerprint density at radius 1 is 1.21 bits per heavy atom. The van der Waals surface area contributed by atoms with Gasteiger partial charge in [-0.25, -0.2) is 15.0 Å². The molecule has 0 radical (unpaired) electrons. The summed E-state index contributed by atoms with van der Waals surface area (Å²) in [4.78, 5) is 13.2. The first-order chi connectivity index (χ1) is 9.15. The van der Waals surface area contributed by atoms with Gasteiger partial charge >= 0.3 is 0 Å². The van der Waals surface area contributed by atoms with Crippen LogP contribution in [0.2, 0.25) is 9.49 Å². The number of nitrogens with zero attached hydrogens (tertiary/aromatic N) is 3. The number of thiazole rings is 1. The van der Waals surface area contributed by atoms with Gasteiger partial charge in [-0.3, -0.25) is 0 Å². The number of halogens is 3. The molecular formula is C12H10Cl2IN3S. The molecule has 0 saturated heterocycles. The van der Waals surface area contributed by atoms with Crippen LogP contribution in [-0.4, -0.2) is 15.0 Å². The first kappa shape index (κ1) is 14.0. The fraction of sp³-hybridized carbons (Fsp3) is 0.417. The van der Waals surface area contributed by atoms with Crippen molar-refractivity contribution in [2.24, 2.45) is 0 Å². The topological polar surface area (TPSA) is 38.7 Å². The zero-order chi connectivity index (χ0) is 13.4. The smallest absolute Gasteiger partial charge is 0.190 e. The van der Waals surface area contributed by atoms with Crippen LogP contribution in [-0.2, 0) is 0 Å². The molecule has 2 heterocycles. The Morgan fingerprint density at radius 3 is 2.58 bits per heavy atom. The predicted molar refractivity (Wildman–Crippen MR) is 87.1 cm³/mol. The third-order valence-corrected chi connectivity index (χ3v) is 6.01. The Bertz CT molecular complexity index is 611. The van der Waals surface area contributed by atoms with Crippen molar-refractivity contribution in [3.63, 3.8) is 0 Å². The van der Waals surface area contributed by atoms with Crippen molar-refractivity contribution in [1.29, 1.82) is 0 Å². The van der Waals surface area contributed by atoms with E-state index in [4.69, 9.17) is 23.2 Å². The van der Waals surface area contributed by atoms with E-state index in [0.717, 1.165) is 14.3 Å². The van der Waals surface area contributed by atoms with Crippen LogP contribution < -0.4 is 0 Å². The Balaban J connectivity index is 2.06. The minimum Gasteiger partial charge on any atom is -0.240 e. The Labute approximate surface area is 138 Å². The van der Waals surface area contributed by atoms with E-state index in [0.29, 0.717) is 21.2 Å². The number of rotatable bonds is 2. The van der Waals surface area contributed by atoms with E-state index in [9.17, 15) is 0 Å². The molecule has 100 valence electrons. The van der Waals surface area contributed by atoms with Crippen LogP contribution in [0.1, 0.15) is 37.3 Å². The normalized spacial score (nSPS) is 16.2. The summed E-state index contributed by atoms with van der Waals surface area (Å²) in [5, 5.41) is 1.24. The van der Waals surface area contributed by atoms with E-state index in [1.807, 2.05) is 0 Å². The second-order valence-corrected chi connectivity index (χ2v) is 7.59. The van der Waals surface area contributed by atoms with Gasteiger partial charge in [-0.15, -0.1) is 0 Å². The molecule has 0 N–H and O–H groups in total. The second kappa shape index (κ2) is 5.79. The van der Waals surface area contributed by atoms with Crippen LogP contribution in [0.3, 0.4) is 0 Å². The largest absolute Gasteiger partial charge is 0.240 e. The molecule has 1 saturated carbocycles. The maximum atomic E-state index is 6.24. The minimum atomic E-state index is 0.501. The van der Waals surface area contributed by atoms with E-state index >= 15 is 0 Å². The molecule has 2 aromatic heterocycles. The van der Waals surface area contributed by atoms with Gasteiger partial charge in [-0.05, 0) is 35.4 Å². The monoisotopic (exact) mass is 425 g/mol. The van der Waals surface area contributed by atoms with E-state index in [-0.39, 0.29) is 0 Å². The average Bonchev–Trinajstić information content (AvgIpc) is 3.03. The van der Waals surface area contributed by atoms with Gasteiger partial charge in [0.1, 0.15) is 9.49 Å². The van der Waals surface area contributed by atoms with Crippen LogP contribution in [0.4, 0.5) is 0 Å². The second-order valence-electron chi connectivity index (χ2n) is 4.49. The van der Waals surface area contributed by atoms with Gasteiger partial charge in [0, 0.05) is 5.92 Å². The molecule has 0 unspecified atom stereocenters. The summed E-state index contributed by atoms with van der Waals surface area (Å²) < 4.78 is 1.60. The summed E-state index contributed by atoms with van der Waals surface area (Å²) in [6.45, 7) is 0. The maximum absolute atomic E-state index is 6.24. The molecule has 1 aliphatic rings. The lowest BCUT2D eigenvalue weighted by atomic mass is 10.0. The molecule has 0 amide bonds. The Hall–Kier alpha value is 0.0200. The molecule has 0 atom stereocenters. The van der Waals surface area contributed by atoms with Gasteiger partial charge in [-0.1, -0.05) is 47.4 Å². The van der Waals surface area contributed by atoms with Crippen molar-refractivity contribution in [2.45, 2.75) is 31.6 Å². The predicted octanol–water partition coefficient (Wildman–Crippen LogP) is 5.17. The van der Waals surface area contributed by atoms with Crippen LogP contribution in [0.5, 0.6) is 0 Å². The van der Waals surface area contributed by atoms with E-state index in [1.165, 1.54) is 37.0 Å². The molecule has 0 aromatic carbocycles. The summed E-state index contributed by atoms with van der Waals surface area (Å²) in [6.07, 6.45) is 6.51. The molecule has 19 heavy (non-hydrogen) atoms. The van der Waals surface area contributed by atoms with Crippen LogP contribution in [0.15, 0.2) is 6.20 Å². The minimum absolute atomic E-state index is 0.501. The molecule has 0 spiro atoms. The van der Waals surface area contributed by atoms with Crippen LogP contribution in [0.25, 0.3) is 10.8 Å². The molecule has 0 aliphatic heterocycles. The standard InChI is InChI=1S/C12H10Cl2IN3S/c13-7-5-16-12(19-7)11-17-9(6-3-1-2-4-6)8(15)10(14)18-11/h5-6H,1-4H2. The van der Waals surface area contributed by atoms with Crippen molar-refractivity contribution in [3.8, 4) is 10.8 Å². The first-order valence-corrected chi connectivity index (χ1v) is 8.65. The molecular weight excluding hydrogens is 416 g/mol. The van der Waals surface area contributed by atoms with Crippen molar-refractivity contribution in [2.75, 3.05) is 0 Å². The van der Waals surface area contributed by atoms with Gasteiger partial charge in [0.25, 0.3) is 0 Å². The fourth-order valence-corrected chi connectivity index (χ4v) is 4.06. The molecule has 1 aliphatic carbocycles. The van der Waals surface area contributed by atoms with Crippen molar-refractivity contribution < 1.29 is 0 Å². The van der Waals surface area contributed by atoms with E-state index in [2.05, 4.69) is 37.5 Å². The Kier molecular flexibility index (Phi) is 4.26. The molecule has 3 rings (SSSR count). The van der Waals surface area contributed by atoms with Gasteiger partial charge in [0.15, 0.2) is 10.8 Å². The molecule has 7 heteroatoms. The zero-order valence-electron chi connectivity index (χ0n) is 9.87. The summed E-state index contributed by atoms with van der Waals surface area (Å²) in [5.74, 6) is 1.09. The number of hydrogen-bond acceptors (Lipinski definition) is 4. The van der Waals surface area contributed by atoms with Gasteiger partial charge in [0.2, 0.25) is 0 Å². The maximum Gasteiger partial charge on any atom is 0.190 e. The fourth-order valence-electron chi connectivity index (χ4n) is 2.36. The summed E-state index contributed by atoms with van der Waals surface area (Å²) in [6, 6.07) is 0. The molecule has 3 nitrogen and oxygen atoms in total. The van der Waals surface area contributed by atoms with Crippen molar-refractivity contribution in [1.82, 2.24) is 15.0 Å². The molecule has 1 fully saturated rings. The third-order valence-electron chi connectivity index (χ3n) is 3.25. The highest BCUT2D eigenvalue weighted by Crippen LogP contribution is 2.38. The highest BCUT2D eigenvalue weighted by molar-refractivity contribution is 14.1. The quantitative estimate of drug-likeness (QED) is 0.492. The lowest BCUT2D eigenvalue weighted by Gasteiger charge is -2.12. The number of aromatic nitrogens is 3. The highest BCUT2D eigenvalue weighted by atomic mass is 127. The van der Waals surface area contributed by atoms with E-state index < -0.39 is 0 Å². The third kappa shape index (κ3) is 2.89. The Morgan fingerprint density at radius 2 is 1.95 bits per heavy atom. The van der Waals surface area contributed by atoms with Crippen LogP contribution in [0, 0.1) is 3.57 Å². The zero-order valence-corrected chi connectivity index (χ0v) is 14.4. The number of hydrogen-bond donors (Lipinski definition) is 0. The summed E-state index contributed by atoms with van der Waals surface area (Å²) in [5.41, 5.74) is 1.07. The molecule has 2 aromatic rings. The van der Waals surface area contributed by atoms with Gasteiger partial charge in [0.05, 0.1) is 15.5 Å². The SMILES string of the molecule is Clc1cnc(-c2nc(Cl)c(I)c(C3CCCC3)n2)s1. The lowest BCUT2D eigenvalue weighted by molar-refractivity contribution is 0.690. The molecule has 0 bridgehead atoms. The van der Waals surface area contributed by atoms with Gasteiger partial charge < -0.3 is 0 Å². The first-order valence-electron chi connectivity index (χ1n) is 6.00. The van der Waals surface area contributed by atoms with Crippen LogP contribution >= 0.6 is 57.1 Å². The van der Waals surface area contributed by atoms with Crippen molar-refractivity contribution in [3.05, 3.63) is 25.0 Å². The summed E-state index contributed by atoms with van der Waals surface area (Å²) >= 11 is 15.8. The lowest BCUT2D eigenvalue weighted by Crippen LogP contribution is -2.04.